The number of fused-ring (bicyclic) bond motifs is 1. The maximum absolute atomic E-state index is 12.4. The van der Waals surface area contributed by atoms with Crippen molar-refractivity contribution < 1.29 is 4.79 Å². The highest BCUT2D eigenvalue weighted by atomic mass is 35.5. The number of rotatable bonds is 2. The summed E-state index contributed by atoms with van der Waals surface area (Å²) < 4.78 is 0. The molecule has 0 atom stereocenters. The maximum atomic E-state index is 12.4. The minimum Gasteiger partial charge on any atom is -0.326 e. The van der Waals surface area contributed by atoms with E-state index in [9.17, 15) is 4.79 Å². The normalized spacial score (nSPS) is 14.1. The molecule has 20 heavy (non-hydrogen) atoms. The van der Waals surface area contributed by atoms with Crippen LogP contribution in [0.5, 0.6) is 0 Å². The summed E-state index contributed by atoms with van der Waals surface area (Å²) >= 11 is 6.08. The minimum absolute atomic E-state index is 0.0192. The molecule has 2 nitrogen and oxygen atoms in total. The Balaban J connectivity index is 1.74. The molecule has 2 aromatic rings. The van der Waals surface area contributed by atoms with Gasteiger partial charge < -0.3 is 5.32 Å². The minimum atomic E-state index is 0.0192. The maximum Gasteiger partial charge on any atom is 0.228 e. The molecular formula is C17H16ClNO. The number of hydrogen-bond donors (Lipinski definition) is 1. The molecule has 0 unspecified atom stereocenters. The zero-order valence-electron chi connectivity index (χ0n) is 11.3. The molecule has 0 saturated carbocycles. The summed E-state index contributed by atoms with van der Waals surface area (Å²) in [5, 5.41) is 3.68. The highest BCUT2D eigenvalue weighted by molar-refractivity contribution is 6.31. The molecule has 0 fully saturated rings. The number of anilines is 1. The molecule has 1 aliphatic carbocycles. The topological polar surface area (TPSA) is 29.1 Å². The smallest absolute Gasteiger partial charge is 0.228 e. The van der Waals surface area contributed by atoms with Crippen molar-refractivity contribution in [1.29, 1.82) is 0 Å². The van der Waals surface area contributed by atoms with Crippen LogP contribution >= 0.6 is 11.6 Å². The van der Waals surface area contributed by atoms with Crippen molar-refractivity contribution in [3.8, 4) is 0 Å². The van der Waals surface area contributed by atoms with Crippen LogP contribution in [0.4, 0.5) is 5.69 Å². The van der Waals surface area contributed by atoms with Crippen molar-refractivity contribution >= 4 is 23.2 Å². The lowest BCUT2D eigenvalue weighted by Crippen LogP contribution is -2.23. The number of carbonyl (C=O) groups excluding carboxylic acids is 1. The van der Waals surface area contributed by atoms with Gasteiger partial charge in [-0.2, -0.15) is 0 Å². The van der Waals surface area contributed by atoms with E-state index in [1.807, 2.05) is 37.3 Å². The highest BCUT2D eigenvalue weighted by Gasteiger charge is 2.27. The van der Waals surface area contributed by atoms with E-state index in [0.29, 0.717) is 5.02 Å². The summed E-state index contributed by atoms with van der Waals surface area (Å²) in [4.78, 5) is 12.4. The third-order valence-corrected chi connectivity index (χ3v) is 4.36. The summed E-state index contributed by atoms with van der Waals surface area (Å²) in [6.45, 7) is 1.92. The van der Waals surface area contributed by atoms with E-state index in [4.69, 9.17) is 11.6 Å². The monoisotopic (exact) mass is 285 g/mol. The molecule has 0 aliphatic heterocycles. The first-order valence-corrected chi connectivity index (χ1v) is 7.15. The van der Waals surface area contributed by atoms with Crippen LogP contribution in [0, 0.1) is 12.8 Å². The van der Waals surface area contributed by atoms with Gasteiger partial charge in [0.15, 0.2) is 0 Å². The lowest BCUT2D eigenvalue weighted by atomic mass is 10.1. The van der Waals surface area contributed by atoms with Crippen molar-refractivity contribution in [1.82, 2.24) is 0 Å². The molecule has 1 N–H and O–H groups in total. The fourth-order valence-electron chi connectivity index (χ4n) is 2.72. The molecule has 0 bridgehead atoms. The Morgan fingerprint density at radius 2 is 1.75 bits per heavy atom. The summed E-state index contributed by atoms with van der Waals surface area (Å²) in [7, 11) is 0. The predicted octanol–water partition coefficient (Wildman–Crippen LogP) is 4.00. The molecule has 1 amide bonds. The Kier molecular flexibility index (Phi) is 3.49. The number of carbonyl (C=O) groups is 1. The highest BCUT2D eigenvalue weighted by Crippen LogP contribution is 2.29. The van der Waals surface area contributed by atoms with Crippen LogP contribution in [0.25, 0.3) is 0 Å². The van der Waals surface area contributed by atoms with Gasteiger partial charge in [-0.25, -0.2) is 0 Å². The van der Waals surface area contributed by atoms with E-state index in [1.54, 1.807) is 0 Å². The van der Waals surface area contributed by atoms with Crippen molar-refractivity contribution in [2.24, 2.45) is 5.92 Å². The van der Waals surface area contributed by atoms with E-state index in [-0.39, 0.29) is 11.8 Å². The van der Waals surface area contributed by atoms with Gasteiger partial charge in [-0.1, -0.05) is 41.9 Å². The summed E-state index contributed by atoms with van der Waals surface area (Å²) in [6, 6.07) is 13.8. The second kappa shape index (κ2) is 5.29. The van der Waals surface area contributed by atoms with Crippen LogP contribution in [0.1, 0.15) is 16.7 Å². The van der Waals surface area contributed by atoms with E-state index in [1.165, 1.54) is 11.1 Å². The molecular weight excluding hydrogens is 270 g/mol. The van der Waals surface area contributed by atoms with Crippen LogP contribution < -0.4 is 5.32 Å². The summed E-state index contributed by atoms with van der Waals surface area (Å²) in [6.07, 6.45) is 1.64. The average molecular weight is 286 g/mol. The molecule has 3 rings (SSSR count). The second-order valence-electron chi connectivity index (χ2n) is 5.28. The first kappa shape index (κ1) is 13.2. The van der Waals surface area contributed by atoms with Crippen LogP contribution in [0.3, 0.4) is 0 Å². The Morgan fingerprint density at radius 1 is 1.10 bits per heavy atom. The predicted molar refractivity (Wildman–Crippen MR) is 82.2 cm³/mol. The Labute approximate surface area is 123 Å². The lowest BCUT2D eigenvalue weighted by Gasteiger charge is -2.13. The van der Waals surface area contributed by atoms with E-state index >= 15 is 0 Å². The number of benzene rings is 2. The largest absolute Gasteiger partial charge is 0.326 e. The van der Waals surface area contributed by atoms with Gasteiger partial charge in [0, 0.05) is 16.6 Å². The van der Waals surface area contributed by atoms with E-state index in [0.717, 1.165) is 24.1 Å². The Hall–Kier alpha value is -1.80. The summed E-state index contributed by atoms with van der Waals surface area (Å²) in [5.41, 5.74) is 4.29. The zero-order valence-corrected chi connectivity index (χ0v) is 12.1. The number of amides is 1. The molecule has 1 aliphatic rings. The van der Waals surface area contributed by atoms with Gasteiger partial charge in [0.1, 0.15) is 0 Å². The average Bonchev–Trinajstić information content (AvgIpc) is 2.88. The van der Waals surface area contributed by atoms with Gasteiger partial charge in [0.05, 0.1) is 0 Å². The van der Waals surface area contributed by atoms with Crippen molar-refractivity contribution in [2.75, 3.05) is 5.32 Å². The van der Waals surface area contributed by atoms with Crippen LogP contribution in [0.15, 0.2) is 42.5 Å². The quantitative estimate of drug-likeness (QED) is 0.888. The molecule has 0 radical (unpaired) electrons. The SMILES string of the molecule is Cc1c(Cl)cccc1NC(=O)C1Cc2ccccc2C1. The zero-order chi connectivity index (χ0) is 14.1. The number of halogens is 1. The third kappa shape index (κ3) is 2.44. The van der Waals surface area contributed by atoms with E-state index in [2.05, 4.69) is 17.4 Å². The Bertz CT molecular complexity index is 641. The van der Waals surface area contributed by atoms with Crippen LogP contribution in [-0.4, -0.2) is 5.91 Å². The standard InChI is InChI=1S/C17H16ClNO/c1-11-15(18)7-4-8-16(11)19-17(20)14-9-12-5-2-3-6-13(12)10-14/h2-8,14H,9-10H2,1H3,(H,19,20). The molecule has 0 heterocycles. The lowest BCUT2D eigenvalue weighted by molar-refractivity contribution is -0.119. The van der Waals surface area contributed by atoms with Crippen molar-refractivity contribution in [2.45, 2.75) is 19.8 Å². The van der Waals surface area contributed by atoms with Gasteiger partial charge in [-0.15, -0.1) is 0 Å². The van der Waals surface area contributed by atoms with Crippen LogP contribution in [0.2, 0.25) is 5.02 Å². The molecule has 3 heteroatoms. The van der Waals surface area contributed by atoms with Gasteiger partial charge in [-0.3, -0.25) is 4.79 Å². The van der Waals surface area contributed by atoms with Gasteiger partial charge in [0.2, 0.25) is 5.91 Å². The van der Waals surface area contributed by atoms with E-state index < -0.39 is 0 Å². The van der Waals surface area contributed by atoms with Crippen molar-refractivity contribution in [3.63, 3.8) is 0 Å². The fraction of sp³-hybridized carbons (Fsp3) is 0.235. The second-order valence-corrected chi connectivity index (χ2v) is 5.68. The molecule has 102 valence electrons. The summed E-state index contributed by atoms with van der Waals surface area (Å²) in [5.74, 6) is 0.0948. The molecule has 0 spiro atoms. The van der Waals surface area contributed by atoms with Crippen LogP contribution in [-0.2, 0) is 17.6 Å². The van der Waals surface area contributed by atoms with Gasteiger partial charge in [-0.05, 0) is 48.6 Å². The first-order valence-electron chi connectivity index (χ1n) is 6.78. The number of nitrogens with one attached hydrogen (secondary N) is 1. The number of hydrogen-bond acceptors (Lipinski definition) is 1. The fourth-order valence-corrected chi connectivity index (χ4v) is 2.90. The molecule has 0 saturated heterocycles. The third-order valence-electron chi connectivity index (χ3n) is 3.95. The molecule has 0 aromatic heterocycles. The molecule has 2 aromatic carbocycles. The first-order chi connectivity index (χ1) is 9.65. The van der Waals surface area contributed by atoms with Gasteiger partial charge in [0.25, 0.3) is 0 Å². The Morgan fingerprint density at radius 3 is 2.40 bits per heavy atom. The van der Waals surface area contributed by atoms with Gasteiger partial charge >= 0.3 is 0 Å². The van der Waals surface area contributed by atoms with Crippen molar-refractivity contribution in [3.05, 3.63) is 64.2 Å².